The summed E-state index contributed by atoms with van der Waals surface area (Å²) in [6.45, 7) is 9.60. The summed E-state index contributed by atoms with van der Waals surface area (Å²) in [6.07, 6.45) is 7.35. The number of thiophene rings is 1. The van der Waals surface area contributed by atoms with Crippen LogP contribution in [0.25, 0.3) is 21.6 Å². The van der Waals surface area contributed by atoms with Crippen molar-refractivity contribution in [3.05, 3.63) is 54.4 Å². The van der Waals surface area contributed by atoms with Crippen molar-refractivity contribution in [1.29, 1.82) is 0 Å². The molecule has 14 heteroatoms. The van der Waals surface area contributed by atoms with Crippen molar-refractivity contribution >= 4 is 53.3 Å². The largest absolute Gasteiger partial charge is 0.471 e. The molecule has 1 unspecified atom stereocenters. The molecular weight excluding hydrogens is 712 g/mol. The lowest BCUT2D eigenvalue weighted by molar-refractivity contribution is -0.145. The number of amides is 4. The summed E-state index contributed by atoms with van der Waals surface area (Å²) >= 11 is 1.50. The van der Waals surface area contributed by atoms with Crippen LogP contribution in [0.2, 0.25) is 0 Å². The number of ether oxygens (including phenoxy) is 1. The number of nitrogens with zero attached hydrogens (tertiary/aromatic N) is 3. The third-order valence-electron chi connectivity index (χ3n) is 11.2. The Balaban J connectivity index is 1.19. The van der Waals surface area contributed by atoms with Crippen LogP contribution >= 0.6 is 18.6 Å². The number of hydrogen-bond acceptors (Lipinski definition) is 9. The van der Waals surface area contributed by atoms with Gasteiger partial charge in [0.15, 0.2) is 7.29 Å². The fourth-order valence-electron chi connectivity index (χ4n) is 8.02. The van der Waals surface area contributed by atoms with Crippen LogP contribution in [0.15, 0.2) is 54.4 Å². The molecule has 2 aliphatic heterocycles. The van der Waals surface area contributed by atoms with Crippen molar-refractivity contribution in [2.24, 2.45) is 17.3 Å². The van der Waals surface area contributed by atoms with Gasteiger partial charge in [-0.3, -0.25) is 19.2 Å². The lowest BCUT2D eigenvalue weighted by Crippen LogP contribution is -2.60. The van der Waals surface area contributed by atoms with Gasteiger partial charge >= 0.3 is 0 Å². The van der Waals surface area contributed by atoms with Gasteiger partial charge in [-0.15, -0.1) is 17.9 Å². The van der Waals surface area contributed by atoms with Crippen LogP contribution in [-0.4, -0.2) is 81.1 Å². The van der Waals surface area contributed by atoms with Crippen molar-refractivity contribution in [2.45, 2.75) is 95.9 Å². The van der Waals surface area contributed by atoms with E-state index in [2.05, 4.69) is 22.3 Å². The van der Waals surface area contributed by atoms with Gasteiger partial charge in [-0.25, -0.2) is 9.97 Å². The van der Waals surface area contributed by atoms with Gasteiger partial charge in [0.05, 0.1) is 22.5 Å². The maximum atomic E-state index is 14.7. The Morgan fingerprint density at radius 1 is 1.02 bits per heavy atom. The summed E-state index contributed by atoms with van der Waals surface area (Å²) in [5.41, 5.74) is -0.0863. The highest BCUT2D eigenvalue weighted by molar-refractivity contribution is 7.62. The normalized spacial score (nSPS) is 25.9. The lowest BCUT2D eigenvalue weighted by Gasteiger charge is -2.36. The Labute approximate surface area is 314 Å². The van der Waals surface area contributed by atoms with E-state index in [-0.39, 0.29) is 36.6 Å². The Morgan fingerprint density at radius 2 is 1.72 bits per heavy atom. The van der Waals surface area contributed by atoms with E-state index in [0.29, 0.717) is 35.5 Å². The van der Waals surface area contributed by atoms with Crippen LogP contribution in [0.4, 0.5) is 0 Å². The zero-order valence-corrected chi connectivity index (χ0v) is 32.3. The molecular formula is C39H49N6O6PS. The highest BCUT2D eigenvalue weighted by Gasteiger charge is 2.61. The maximum absolute atomic E-state index is 14.7. The zero-order valence-electron chi connectivity index (χ0n) is 30.6. The van der Waals surface area contributed by atoms with E-state index < -0.39 is 54.2 Å². The minimum Gasteiger partial charge on any atom is -0.471 e. The van der Waals surface area contributed by atoms with Crippen LogP contribution in [0.5, 0.6) is 5.88 Å². The number of likely N-dealkylation sites (tertiary alicyclic amines) is 1. The molecule has 0 spiro atoms. The summed E-state index contributed by atoms with van der Waals surface area (Å²) in [7, 11) is -2.88. The third-order valence-corrected chi connectivity index (χ3v) is 14.8. The van der Waals surface area contributed by atoms with Crippen molar-refractivity contribution in [2.75, 3.05) is 18.9 Å². The van der Waals surface area contributed by atoms with Crippen LogP contribution in [0, 0.1) is 17.3 Å². The number of carbonyl (C=O) groups is 4. The van der Waals surface area contributed by atoms with Crippen LogP contribution in [0.1, 0.15) is 72.1 Å². The van der Waals surface area contributed by atoms with Gasteiger partial charge in [-0.2, -0.15) is 0 Å². The molecule has 3 aromatic rings. The molecule has 4 heterocycles. The fourth-order valence-corrected chi connectivity index (χ4v) is 11.2. The molecule has 282 valence electrons. The molecule has 2 aliphatic carbocycles. The number of aromatic nitrogens is 2. The second-order valence-corrected chi connectivity index (χ2v) is 20.0. The fraction of sp³-hybridized carbons (Fsp3) is 0.538. The quantitative estimate of drug-likeness (QED) is 0.167. The first kappa shape index (κ1) is 37.2. The number of rotatable bonds is 11. The number of fused-ring (bicyclic) bond motifs is 1. The molecule has 2 saturated carbocycles. The van der Waals surface area contributed by atoms with E-state index in [4.69, 9.17) is 14.7 Å². The van der Waals surface area contributed by atoms with E-state index in [1.807, 2.05) is 62.5 Å². The molecule has 5 atom stereocenters. The van der Waals surface area contributed by atoms with E-state index in [9.17, 15) is 23.7 Å². The molecule has 53 heavy (non-hydrogen) atoms. The molecule has 4 aliphatic rings. The predicted molar refractivity (Wildman–Crippen MR) is 205 cm³/mol. The third kappa shape index (κ3) is 7.65. The monoisotopic (exact) mass is 760 g/mol. The van der Waals surface area contributed by atoms with Gasteiger partial charge < -0.3 is 29.9 Å². The maximum Gasteiger partial charge on any atom is 0.251 e. The Kier molecular flexibility index (Phi) is 10.3. The predicted octanol–water partition coefficient (Wildman–Crippen LogP) is 5.68. The minimum atomic E-state index is -2.88. The van der Waals surface area contributed by atoms with Gasteiger partial charge in [0.25, 0.3) is 5.91 Å². The van der Waals surface area contributed by atoms with Crippen molar-refractivity contribution < 1.29 is 28.5 Å². The number of carbonyl (C=O) groups excluding carboxylic acids is 4. The minimum absolute atomic E-state index is 0.0421. The van der Waals surface area contributed by atoms with Gasteiger partial charge in [0.1, 0.15) is 29.4 Å². The summed E-state index contributed by atoms with van der Waals surface area (Å²) in [4.78, 5) is 68.4. The van der Waals surface area contributed by atoms with Gasteiger partial charge in [0.2, 0.25) is 23.6 Å². The van der Waals surface area contributed by atoms with Crippen molar-refractivity contribution in [3.8, 4) is 16.5 Å². The lowest BCUT2D eigenvalue weighted by atomic mass is 9.85. The molecule has 1 aromatic carbocycles. The van der Waals surface area contributed by atoms with Crippen LogP contribution in [0.3, 0.4) is 0 Å². The zero-order chi connectivity index (χ0) is 37.5. The molecule has 2 aromatic heterocycles. The second-order valence-electron chi connectivity index (χ2n) is 16.1. The first-order valence-corrected chi connectivity index (χ1v) is 21.7. The molecule has 12 nitrogen and oxygen atoms in total. The summed E-state index contributed by atoms with van der Waals surface area (Å²) in [5.74, 6) is -1.77. The second kappa shape index (κ2) is 14.6. The molecule has 7 rings (SSSR count). The Morgan fingerprint density at radius 3 is 2.34 bits per heavy atom. The summed E-state index contributed by atoms with van der Waals surface area (Å²) in [5, 5.41) is 10.8. The molecule has 4 fully saturated rings. The first-order valence-electron chi connectivity index (χ1n) is 18.7. The molecule has 2 saturated heterocycles. The topological polar surface area (TPSA) is 160 Å². The van der Waals surface area contributed by atoms with Crippen LogP contribution < -0.4 is 20.5 Å². The number of benzene rings is 1. The average molecular weight is 761 g/mol. The standard InChI is InChI=1S/C39H49N6O6PS/c1-5-25-22-39(25,37(49)44-52(50)18-10-11-19-52)43-34(47)29-21-26(23-45(29)36(48)32(38(2,3)4)42-33(46)24-13-6-7-14-24)51-35-31(30-17-12-20-53-30)40-27-15-8-9-16-28(27)41-35/h5,8-9,12,15-17,20,24-26,29,32H,1,6-7,10-11,13-14,18-19,21-23H2,2-4H3,(H,42,46)(H,43,47)(H,44,49,50)/t25?,26-,29+,32-,39-/m1/s1. The van der Waals surface area contributed by atoms with Gasteiger partial charge in [-0.1, -0.05) is 57.9 Å². The molecule has 0 bridgehead atoms. The van der Waals surface area contributed by atoms with Crippen molar-refractivity contribution in [1.82, 2.24) is 30.6 Å². The molecule has 4 amide bonds. The highest BCUT2D eigenvalue weighted by Crippen LogP contribution is 2.52. The summed E-state index contributed by atoms with van der Waals surface area (Å²) in [6, 6.07) is 9.42. The number of nitrogens with one attached hydrogen (secondary N) is 3. The van der Waals surface area contributed by atoms with Crippen molar-refractivity contribution in [3.63, 3.8) is 0 Å². The van der Waals surface area contributed by atoms with Gasteiger partial charge in [0, 0.05) is 30.6 Å². The average Bonchev–Trinajstić information content (AvgIpc) is 3.77. The van der Waals surface area contributed by atoms with E-state index >= 15 is 0 Å². The van der Waals surface area contributed by atoms with E-state index in [1.54, 1.807) is 6.08 Å². The molecule has 0 radical (unpaired) electrons. The summed E-state index contributed by atoms with van der Waals surface area (Å²) < 4.78 is 20.0. The van der Waals surface area contributed by atoms with Gasteiger partial charge in [-0.05, 0) is 61.1 Å². The highest BCUT2D eigenvalue weighted by atomic mass is 32.1. The number of para-hydroxylation sites is 2. The Bertz CT molecular complexity index is 1950. The van der Waals surface area contributed by atoms with Crippen LogP contribution in [-0.2, 0) is 23.7 Å². The number of hydrogen-bond donors (Lipinski definition) is 3. The Hall–Kier alpha value is -4.09. The van der Waals surface area contributed by atoms with E-state index in [1.165, 1.54) is 16.2 Å². The SMILES string of the molecule is C=CC1C[C@]1(NC(=O)[C@@H]1C[C@@H](Oc2nc3ccccc3nc2-c2cccs2)CN1C(=O)[C@@H](NC(=O)C1CCCC1)C(C)(C)C)C(=O)NP1(=O)CCCC1. The first-order chi connectivity index (χ1) is 25.3. The van der Waals surface area contributed by atoms with E-state index in [0.717, 1.165) is 43.4 Å². The molecule has 3 N–H and O–H groups in total. The smallest absolute Gasteiger partial charge is 0.251 e.